The molecule has 18 heavy (non-hydrogen) atoms. The third-order valence-electron chi connectivity index (χ3n) is 3.57. The zero-order chi connectivity index (χ0) is 13.3. The summed E-state index contributed by atoms with van der Waals surface area (Å²) in [4.78, 5) is 15.6. The molecule has 3 heteroatoms. The fraction of sp³-hybridized carbons (Fsp3) is 0.400. The van der Waals surface area contributed by atoms with Gasteiger partial charge < -0.3 is 9.72 Å². The lowest BCUT2D eigenvalue weighted by Gasteiger charge is -2.14. The molecule has 1 aromatic heterocycles. The van der Waals surface area contributed by atoms with Crippen molar-refractivity contribution >= 4 is 16.7 Å². The van der Waals surface area contributed by atoms with E-state index in [1.807, 2.05) is 25.1 Å². The van der Waals surface area contributed by atoms with Gasteiger partial charge in [-0.25, -0.2) is 0 Å². The van der Waals surface area contributed by atoms with E-state index in [2.05, 4.69) is 18.8 Å². The van der Waals surface area contributed by atoms with Crippen LogP contribution in [0.4, 0.5) is 0 Å². The average molecular weight is 245 g/mol. The number of ketones is 1. The minimum absolute atomic E-state index is 0.00825. The average Bonchev–Trinajstić information content (AvgIpc) is 2.80. The van der Waals surface area contributed by atoms with Crippen molar-refractivity contribution in [3.63, 3.8) is 0 Å². The van der Waals surface area contributed by atoms with Crippen LogP contribution in [-0.2, 0) is 0 Å². The summed E-state index contributed by atoms with van der Waals surface area (Å²) in [6, 6.07) is 5.75. The number of carbonyl (C=O) groups is 1. The highest BCUT2D eigenvalue weighted by molar-refractivity contribution is 6.10. The summed E-state index contributed by atoms with van der Waals surface area (Å²) in [5.74, 6) is 1.25. The van der Waals surface area contributed by atoms with Crippen LogP contribution in [-0.4, -0.2) is 17.9 Å². The zero-order valence-corrected chi connectivity index (χ0v) is 11.3. The molecule has 96 valence electrons. The Morgan fingerprint density at radius 3 is 2.61 bits per heavy atom. The predicted octanol–water partition coefficient (Wildman–Crippen LogP) is 3.65. The van der Waals surface area contributed by atoms with E-state index in [0.717, 1.165) is 22.2 Å². The Hall–Kier alpha value is -1.77. The molecule has 0 amide bonds. The number of hydrogen-bond donors (Lipinski definition) is 1. The molecule has 0 spiro atoms. The number of ether oxygens (including phenoxy) is 1. The molecule has 1 N–H and O–H groups in total. The molecule has 2 rings (SSSR count). The van der Waals surface area contributed by atoms with Crippen LogP contribution in [0.2, 0.25) is 0 Å². The second-order valence-corrected chi connectivity index (χ2v) is 4.98. The molecule has 0 bridgehead atoms. The summed E-state index contributed by atoms with van der Waals surface area (Å²) in [5, 5.41) is 0.887. The first kappa shape index (κ1) is 12.7. The SMILES string of the molecule is COc1cccc2[nH]cc(C(=O)C(C)C(C)C)c12. The first-order valence-electron chi connectivity index (χ1n) is 6.24. The van der Waals surface area contributed by atoms with Crippen molar-refractivity contribution in [1.29, 1.82) is 0 Å². The summed E-state index contributed by atoms with van der Waals surface area (Å²) in [6.45, 7) is 6.10. The standard InChI is InChI=1S/C15H19NO2/c1-9(2)10(3)15(17)11-8-16-12-6-5-7-13(18-4)14(11)12/h5-10,16H,1-4H3. The van der Waals surface area contributed by atoms with E-state index < -0.39 is 0 Å². The molecule has 1 unspecified atom stereocenters. The number of carbonyl (C=O) groups excluding carboxylic acids is 1. The van der Waals surface area contributed by atoms with Crippen LogP contribution >= 0.6 is 0 Å². The van der Waals surface area contributed by atoms with Crippen LogP contribution < -0.4 is 4.74 Å². The Labute approximate surface area is 107 Å². The summed E-state index contributed by atoms with van der Waals surface area (Å²) in [5.41, 5.74) is 1.66. The van der Waals surface area contributed by atoms with Gasteiger partial charge in [0.15, 0.2) is 5.78 Å². The molecule has 1 aromatic carbocycles. The molecule has 3 nitrogen and oxygen atoms in total. The van der Waals surface area contributed by atoms with Gasteiger partial charge in [0.1, 0.15) is 5.75 Å². The van der Waals surface area contributed by atoms with E-state index in [4.69, 9.17) is 4.74 Å². The molecule has 0 saturated carbocycles. The zero-order valence-electron chi connectivity index (χ0n) is 11.3. The molecule has 0 fully saturated rings. The number of nitrogens with one attached hydrogen (secondary N) is 1. The highest BCUT2D eigenvalue weighted by Gasteiger charge is 2.22. The second kappa shape index (κ2) is 4.84. The number of hydrogen-bond acceptors (Lipinski definition) is 2. The topological polar surface area (TPSA) is 42.1 Å². The monoisotopic (exact) mass is 245 g/mol. The maximum atomic E-state index is 12.5. The normalized spacial score (nSPS) is 12.9. The number of fused-ring (bicyclic) bond motifs is 1. The number of H-pyrrole nitrogens is 1. The number of aromatic nitrogens is 1. The van der Waals surface area contributed by atoms with E-state index in [9.17, 15) is 4.79 Å². The van der Waals surface area contributed by atoms with Gasteiger partial charge in [0.05, 0.1) is 12.5 Å². The maximum absolute atomic E-state index is 12.5. The Morgan fingerprint density at radius 2 is 2.00 bits per heavy atom. The Balaban J connectivity index is 2.55. The summed E-state index contributed by atoms with van der Waals surface area (Å²) < 4.78 is 5.34. The second-order valence-electron chi connectivity index (χ2n) is 4.98. The summed E-state index contributed by atoms with van der Waals surface area (Å²) in [6.07, 6.45) is 1.79. The summed E-state index contributed by atoms with van der Waals surface area (Å²) >= 11 is 0. The highest BCUT2D eigenvalue weighted by atomic mass is 16.5. The lowest BCUT2D eigenvalue weighted by molar-refractivity contribution is 0.0901. The number of Topliss-reactive ketones (excluding diaryl/α,β-unsaturated/α-hetero) is 1. The van der Waals surface area contributed by atoms with E-state index in [-0.39, 0.29) is 11.7 Å². The smallest absolute Gasteiger partial charge is 0.168 e. The van der Waals surface area contributed by atoms with Gasteiger partial charge in [-0.1, -0.05) is 26.8 Å². The minimum Gasteiger partial charge on any atom is -0.496 e. The lowest BCUT2D eigenvalue weighted by atomic mass is 9.89. The Morgan fingerprint density at radius 1 is 1.28 bits per heavy atom. The van der Waals surface area contributed by atoms with Crippen LogP contribution in [0.5, 0.6) is 5.75 Å². The van der Waals surface area contributed by atoms with E-state index >= 15 is 0 Å². The third-order valence-corrected chi connectivity index (χ3v) is 3.57. The van der Waals surface area contributed by atoms with Gasteiger partial charge in [-0.15, -0.1) is 0 Å². The largest absolute Gasteiger partial charge is 0.496 e. The molecule has 0 radical (unpaired) electrons. The molecule has 2 aromatic rings. The van der Waals surface area contributed by atoms with Gasteiger partial charge in [-0.3, -0.25) is 4.79 Å². The number of rotatable bonds is 4. The van der Waals surface area contributed by atoms with E-state index in [0.29, 0.717) is 5.92 Å². The molecule has 0 saturated heterocycles. The van der Waals surface area contributed by atoms with Gasteiger partial charge in [0.2, 0.25) is 0 Å². The van der Waals surface area contributed by atoms with Crippen LogP contribution in [0.1, 0.15) is 31.1 Å². The first-order valence-corrected chi connectivity index (χ1v) is 6.24. The van der Waals surface area contributed by atoms with Crippen molar-refractivity contribution in [1.82, 2.24) is 4.98 Å². The highest BCUT2D eigenvalue weighted by Crippen LogP contribution is 2.31. The fourth-order valence-electron chi connectivity index (χ4n) is 2.06. The van der Waals surface area contributed by atoms with Crippen molar-refractivity contribution in [2.45, 2.75) is 20.8 Å². The van der Waals surface area contributed by atoms with Crippen molar-refractivity contribution in [3.05, 3.63) is 30.0 Å². The van der Waals surface area contributed by atoms with Gasteiger partial charge in [0, 0.05) is 23.2 Å². The quantitative estimate of drug-likeness (QED) is 0.835. The maximum Gasteiger partial charge on any atom is 0.168 e. The molecule has 1 atom stereocenters. The van der Waals surface area contributed by atoms with E-state index in [1.54, 1.807) is 13.3 Å². The lowest BCUT2D eigenvalue weighted by Crippen LogP contribution is -2.16. The van der Waals surface area contributed by atoms with Gasteiger partial charge in [-0.2, -0.15) is 0 Å². The van der Waals surface area contributed by atoms with Crippen LogP contribution in [0, 0.1) is 11.8 Å². The molecular weight excluding hydrogens is 226 g/mol. The summed E-state index contributed by atoms with van der Waals surface area (Å²) in [7, 11) is 1.63. The molecule has 0 aliphatic rings. The molecule has 0 aliphatic heterocycles. The number of benzene rings is 1. The Bertz CT molecular complexity index is 569. The molecule has 1 heterocycles. The van der Waals surface area contributed by atoms with Crippen molar-refractivity contribution in [3.8, 4) is 5.75 Å². The van der Waals surface area contributed by atoms with Gasteiger partial charge in [-0.05, 0) is 18.1 Å². The van der Waals surface area contributed by atoms with Crippen LogP contribution in [0.3, 0.4) is 0 Å². The van der Waals surface area contributed by atoms with Crippen molar-refractivity contribution in [2.24, 2.45) is 11.8 Å². The first-order chi connectivity index (χ1) is 8.56. The minimum atomic E-state index is 0.00825. The number of aromatic amines is 1. The van der Waals surface area contributed by atoms with Gasteiger partial charge >= 0.3 is 0 Å². The molecule has 0 aliphatic carbocycles. The number of methoxy groups -OCH3 is 1. The van der Waals surface area contributed by atoms with Gasteiger partial charge in [0.25, 0.3) is 0 Å². The fourth-order valence-corrected chi connectivity index (χ4v) is 2.06. The van der Waals surface area contributed by atoms with Crippen LogP contribution in [0.15, 0.2) is 24.4 Å². The van der Waals surface area contributed by atoms with Crippen LogP contribution in [0.25, 0.3) is 10.9 Å². The Kier molecular flexibility index (Phi) is 3.41. The van der Waals surface area contributed by atoms with E-state index in [1.165, 1.54) is 0 Å². The third kappa shape index (κ3) is 2.01. The van der Waals surface area contributed by atoms with Crippen molar-refractivity contribution in [2.75, 3.05) is 7.11 Å². The van der Waals surface area contributed by atoms with Crippen molar-refractivity contribution < 1.29 is 9.53 Å². The predicted molar refractivity (Wildman–Crippen MR) is 73.2 cm³/mol. The molecular formula is C15H19NO2.